The Morgan fingerprint density at radius 3 is 2.29 bits per heavy atom. The number of rotatable bonds is 6. The van der Waals surface area contributed by atoms with Crippen LogP contribution >= 0.6 is 0 Å². The zero-order chi connectivity index (χ0) is 20.0. The van der Waals surface area contributed by atoms with E-state index in [1.54, 1.807) is 0 Å². The Morgan fingerprint density at radius 2 is 1.68 bits per heavy atom. The molecular weight excluding hydrogens is 369 g/mol. The van der Waals surface area contributed by atoms with E-state index in [9.17, 15) is 18.0 Å². The van der Waals surface area contributed by atoms with E-state index in [0.717, 1.165) is 31.8 Å². The molecule has 0 radical (unpaired) electrons. The smallest absolute Gasteiger partial charge is 0.422 e. The normalized spacial score (nSPS) is 20.1. The monoisotopic (exact) mass is 398 g/mol. The molecule has 1 N–H and O–H groups in total. The lowest BCUT2D eigenvalue weighted by Gasteiger charge is -2.35. The summed E-state index contributed by atoms with van der Waals surface area (Å²) in [7, 11) is 0. The molecule has 4 nitrogen and oxygen atoms in total. The molecule has 0 aromatic heterocycles. The van der Waals surface area contributed by atoms with E-state index in [0.29, 0.717) is 5.56 Å². The Hall–Kier alpha value is -1.76. The van der Waals surface area contributed by atoms with Crippen LogP contribution in [0.15, 0.2) is 24.3 Å². The van der Waals surface area contributed by atoms with Gasteiger partial charge in [-0.3, -0.25) is 4.79 Å². The number of nitrogens with zero attached hydrogens (tertiary/aromatic N) is 1. The van der Waals surface area contributed by atoms with Crippen molar-refractivity contribution in [1.82, 2.24) is 10.2 Å². The lowest BCUT2D eigenvalue weighted by atomic mass is 9.88. The Balaban J connectivity index is 1.40. The van der Waals surface area contributed by atoms with E-state index >= 15 is 0 Å². The number of hydrogen-bond acceptors (Lipinski definition) is 3. The van der Waals surface area contributed by atoms with Crippen LogP contribution in [0.25, 0.3) is 0 Å². The number of likely N-dealkylation sites (tertiary alicyclic amines) is 1. The van der Waals surface area contributed by atoms with E-state index in [-0.39, 0.29) is 17.7 Å². The summed E-state index contributed by atoms with van der Waals surface area (Å²) in [5.74, 6) is 0.746. The number of ether oxygens (including phenoxy) is 1. The molecule has 1 aliphatic heterocycles. The minimum atomic E-state index is -4.37. The fourth-order valence-corrected chi connectivity index (χ4v) is 4.13. The number of alkyl halides is 3. The summed E-state index contributed by atoms with van der Waals surface area (Å²) in [4.78, 5) is 14.9. The zero-order valence-electron chi connectivity index (χ0n) is 16.1. The summed E-state index contributed by atoms with van der Waals surface area (Å²) in [6, 6.07) is 5.94. The Kier molecular flexibility index (Phi) is 7.21. The van der Waals surface area contributed by atoms with E-state index in [1.165, 1.54) is 62.9 Å². The number of nitrogens with one attached hydrogen (secondary N) is 1. The first-order valence-corrected chi connectivity index (χ1v) is 10.2. The molecular formula is C21H29F3N2O2. The van der Waals surface area contributed by atoms with Crippen molar-refractivity contribution in [2.45, 2.75) is 57.2 Å². The van der Waals surface area contributed by atoms with E-state index in [4.69, 9.17) is 0 Å². The number of carbonyl (C=O) groups is 1. The van der Waals surface area contributed by atoms with Gasteiger partial charge >= 0.3 is 6.18 Å². The molecule has 7 heteroatoms. The molecule has 0 bridgehead atoms. The summed E-state index contributed by atoms with van der Waals surface area (Å²) in [5, 5.41) is 3.05. The van der Waals surface area contributed by atoms with E-state index in [2.05, 4.69) is 15.0 Å². The van der Waals surface area contributed by atoms with Crippen molar-refractivity contribution in [1.29, 1.82) is 0 Å². The number of benzene rings is 1. The molecule has 1 saturated heterocycles. The van der Waals surface area contributed by atoms with Gasteiger partial charge in [0.2, 0.25) is 0 Å². The van der Waals surface area contributed by atoms with Crippen molar-refractivity contribution in [2.24, 2.45) is 5.92 Å². The van der Waals surface area contributed by atoms with Gasteiger partial charge in [-0.25, -0.2) is 0 Å². The predicted molar refractivity (Wildman–Crippen MR) is 101 cm³/mol. The first-order chi connectivity index (χ1) is 13.4. The molecule has 1 aromatic rings. The second-order valence-corrected chi connectivity index (χ2v) is 7.98. The van der Waals surface area contributed by atoms with Crippen molar-refractivity contribution >= 4 is 5.91 Å². The van der Waals surface area contributed by atoms with Gasteiger partial charge in [-0.2, -0.15) is 13.2 Å². The summed E-state index contributed by atoms with van der Waals surface area (Å²) in [5.41, 5.74) is 0.434. The average Bonchev–Trinajstić information content (AvgIpc) is 2.68. The Bertz CT molecular complexity index is 620. The Morgan fingerprint density at radius 1 is 1.04 bits per heavy atom. The lowest BCUT2D eigenvalue weighted by Crippen LogP contribution is -2.45. The highest BCUT2D eigenvalue weighted by atomic mass is 19.4. The maximum Gasteiger partial charge on any atom is 0.422 e. The van der Waals surface area contributed by atoms with Gasteiger partial charge in [-0.05, 0) is 55.9 Å². The van der Waals surface area contributed by atoms with Crippen LogP contribution in [0, 0.1) is 5.92 Å². The quantitative estimate of drug-likeness (QED) is 0.772. The molecule has 2 fully saturated rings. The fraction of sp³-hybridized carbons (Fsp3) is 0.667. The van der Waals surface area contributed by atoms with Gasteiger partial charge in [-0.15, -0.1) is 0 Å². The van der Waals surface area contributed by atoms with Crippen LogP contribution in [-0.4, -0.2) is 49.3 Å². The fourth-order valence-electron chi connectivity index (χ4n) is 4.13. The van der Waals surface area contributed by atoms with Crippen LogP contribution in [0.3, 0.4) is 0 Å². The third-order valence-corrected chi connectivity index (χ3v) is 5.68. The van der Waals surface area contributed by atoms with Crippen LogP contribution in [-0.2, 0) is 0 Å². The number of piperidine rings is 1. The first kappa shape index (κ1) is 21.0. The van der Waals surface area contributed by atoms with Gasteiger partial charge in [0.1, 0.15) is 5.75 Å². The van der Waals surface area contributed by atoms with Crippen LogP contribution in [0.5, 0.6) is 5.75 Å². The summed E-state index contributed by atoms with van der Waals surface area (Å²) in [6.45, 7) is 1.86. The molecule has 1 amide bonds. The lowest BCUT2D eigenvalue weighted by molar-refractivity contribution is -0.153. The molecule has 3 rings (SSSR count). The Labute approximate surface area is 164 Å². The number of amides is 1. The second kappa shape index (κ2) is 9.63. The standard InChI is InChI=1S/C21H29F3N2O2/c22-21(23,24)15-28-19-8-6-17(7-9-19)20(27)25-18-10-12-26(13-11-18)14-16-4-2-1-3-5-16/h6-9,16,18H,1-5,10-15H2,(H,25,27). The van der Waals surface area contributed by atoms with Crippen LogP contribution in [0.2, 0.25) is 0 Å². The minimum Gasteiger partial charge on any atom is -0.484 e. The highest BCUT2D eigenvalue weighted by Gasteiger charge is 2.28. The number of halogens is 3. The highest BCUT2D eigenvalue weighted by Crippen LogP contribution is 2.25. The highest BCUT2D eigenvalue weighted by molar-refractivity contribution is 5.94. The topological polar surface area (TPSA) is 41.6 Å². The van der Waals surface area contributed by atoms with Crippen LogP contribution < -0.4 is 10.1 Å². The molecule has 1 aliphatic carbocycles. The summed E-state index contributed by atoms with van der Waals surface area (Å²) in [6.07, 6.45) is 4.28. The van der Waals surface area contributed by atoms with Crippen LogP contribution in [0.1, 0.15) is 55.3 Å². The zero-order valence-corrected chi connectivity index (χ0v) is 16.1. The largest absolute Gasteiger partial charge is 0.484 e. The van der Waals surface area contributed by atoms with Crippen molar-refractivity contribution in [2.75, 3.05) is 26.2 Å². The van der Waals surface area contributed by atoms with Gasteiger partial charge in [-0.1, -0.05) is 19.3 Å². The minimum absolute atomic E-state index is 0.102. The van der Waals surface area contributed by atoms with Crippen molar-refractivity contribution in [3.8, 4) is 5.75 Å². The van der Waals surface area contributed by atoms with E-state index in [1.807, 2.05) is 0 Å². The van der Waals surface area contributed by atoms with E-state index < -0.39 is 12.8 Å². The summed E-state index contributed by atoms with van der Waals surface area (Å²) < 4.78 is 41.2. The molecule has 1 heterocycles. The second-order valence-electron chi connectivity index (χ2n) is 7.98. The van der Waals surface area contributed by atoms with Gasteiger partial charge in [0.25, 0.3) is 5.91 Å². The van der Waals surface area contributed by atoms with Crippen molar-refractivity contribution in [3.05, 3.63) is 29.8 Å². The van der Waals surface area contributed by atoms with Gasteiger partial charge < -0.3 is 15.0 Å². The van der Waals surface area contributed by atoms with Gasteiger partial charge in [0.15, 0.2) is 6.61 Å². The molecule has 2 aliphatic rings. The number of carbonyl (C=O) groups excluding carboxylic acids is 1. The van der Waals surface area contributed by atoms with Crippen molar-refractivity contribution in [3.63, 3.8) is 0 Å². The predicted octanol–water partition coefficient (Wildman–Crippen LogP) is 4.40. The van der Waals surface area contributed by atoms with Gasteiger partial charge in [0.05, 0.1) is 0 Å². The maximum atomic E-state index is 12.4. The maximum absolute atomic E-state index is 12.4. The van der Waals surface area contributed by atoms with Gasteiger partial charge in [0, 0.05) is 31.2 Å². The molecule has 156 valence electrons. The molecule has 0 spiro atoms. The molecule has 0 atom stereocenters. The third-order valence-electron chi connectivity index (χ3n) is 5.68. The average molecular weight is 398 g/mol. The molecule has 28 heavy (non-hydrogen) atoms. The first-order valence-electron chi connectivity index (χ1n) is 10.2. The third kappa shape index (κ3) is 6.69. The molecule has 1 aromatic carbocycles. The summed E-state index contributed by atoms with van der Waals surface area (Å²) >= 11 is 0. The SMILES string of the molecule is O=C(NC1CCN(CC2CCCCC2)CC1)c1ccc(OCC(F)(F)F)cc1. The molecule has 0 unspecified atom stereocenters. The van der Waals surface area contributed by atoms with Crippen LogP contribution in [0.4, 0.5) is 13.2 Å². The van der Waals surface area contributed by atoms with Crippen molar-refractivity contribution < 1.29 is 22.7 Å². The number of hydrogen-bond donors (Lipinski definition) is 1. The molecule has 1 saturated carbocycles.